The highest BCUT2D eigenvalue weighted by molar-refractivity contribution is 6.09. The Morgan fingerprint density at radius 3 is 2.67 bits per heavy atom. The van der Waals surface area contributed by atoms with Crippen molar-refractivity contribution in [3.63, 3.8) is 0 Å². The molecule has 0 spiro atoms. The van der Waals surface area contributed by atoms with E-state index in [1.165, 1.54) is 32.2 Å². The summed E-state index contributed by atoms with van der Waals surface area (Å²) in [6, 6.07) is 8.07. The van der Waals surface area contributed by atoms with E-state index in [9.17, 15) is 18.8 Å². The van der Waals surface area contributed by atoms with Crippen LogP contribution in [0, 0.1) is 5.82 Å². The second-order valence-corrected chi connectivity index (χ2v) is 7.20. The maximum atomic E-state index is 13.5. The Hall–Kier alpha value is -3.42. The van der Waals surface area contributed by atoms with Gasteiger partial charge in [0.1, 0.15) is 11.6 Å². The highest BCUT2D eigenvalue weighted by Crippen LogP contribution is 2.39. The summed E-state index contributed by atoms with van der Waals surface area (Å²) in [6.07, 6.45) is 0.622. The first-order chi connectivity index (χ1) is 14.3. The van der Waals surface area contributed by atoms with Crippen LogP contribution < -0.4 is 15.4 Å². The topological polar surface area (TPSA) is 105 Å². The average Bonchev–Trinajstić information content (AvgIpc) is 2.71. The van der Waals surface area contributed by atoms with E-state index in [2.05, 4.69) is 10.6 Å². The maximum Gasteiger partial charge on any atom is 0.405 e. The van der Waals surface area contributed by atoms with Crippen LogP contribution in [0.4, 0.5) is 14.9 Å². The number of carbonyl (C=O) groups excluding carboxylic acids is 2. The first kappa shape index (κ1) is 21.3. The molecule has 1 aliphatic rings. The molecule has 0 saturated carbocycles. The van der Waals surface area contributed by atoms with Crippen molar-refractivity contribution >= 4 is 23.5 Å². The van der Waals surface area contributed by atoms with Gasteiger partial charge in [-0.25, -0.2) is 9.18 Å². The first-order valence-electron chi connectivity index (χ1n) is 9.61. The van der Waals surface area contributed by atoms with Gasteiger partial charge in [-0.1, -0.05) is 12.1 Å². The van der Waals surface area contributed by atoms with Gasteiger partial charge in [-0.2, -0.15) is 0 Å². The third-order valence-corrected chi connectivity index (χ3v) is 5.22. The summed E-state index contributed by atoms with van der Waals surface area (Å²) in [4.78, 5) is 37.2. The Morgan fingerprint density at radius 2 is 2.00 bits per heavy atom. The van der Waals surface area contributed by atoms with Crippen molar-refractivity contribution in [3.05, 3.63) is 58.9 Å². The van der Waals surface area contributed by atoms with Crippen LogP contribution in [-0.4, -0.2) is 36.0 Å². The van der Waals surface area contributed by atoms with Gasteiger partial charge in [0.15, 0.2) is 5.78 Å². The Balaban J connectivity index is 2.04. The largest absolute Gasteiger partial charge is 0.496 e. The second kappa shape index (κ2) is 8.94. The molecule has 2 atom stereocenters. The second-order valence-electron chi connectivity index (χ2n) is 7.20. The van der Waals surface area contributed by atoms with E-state index in [4.69, 9.17) is 9.84 Å². The maximum absolute atomic E-state index is 13.5. The standard InChI is InChI=1S/C22H23FN2O5/c1-12(24-22(28)29)20(26)16-8-3-5-13-9-10-17(30-2)19(18(13)16)21(27)25-15-7-4-6-14(23)11-15/h4,6-7,9-12,16,24H,3,5,8H2,1-2H3,(H,25,27)(H,28,29)/t12-,16?/m0/s1. The van der Waals surface area contributed by atoms with E-state index in [1.807, 2.05) is 6.07 Å². The van der Waals surface area contributed by atoms with Gasteiger partial charge in [0.25, 0.3) is 5.91 Å². The van der Waals surface area contributed by atoms with Gasteiger partial charge in [0.2, 0.25) is 0 Å². The van der Waals surface area contributed by atoms with E-state index in [0.29, 0.717) is 24.2 Å². The third kappa shape index (κ3) is 4.42. The SMILES string of the molecule is COc1ccc2c(c1C(=O)Nc1cccc(F)c1)C(C(=O)[C@H](C)NC(=O)O)CCC2. The monoisotopic (exact) mass is 414 g/mol. The minimum atomic E-state index is -1.29. The number of hydrogen-bond donors (Lipinski definition) is 3. The lowest BCUT2D eigenvalue weighted by Gasteiger charge is -2.29. The van der Waals surface area contributed by atoms with Gasteiger partial charge in [-0.05, 0) is 61.6 Å². The summed E-state index contributed by atoms with van der Waals surface area (Å²) < 4.78 is 18.9. The van der Waals surface area contributed by atoms with Crippen molar-refractivity contribution in [2.24, 2.45) is 0 Å². The number of carbonyl (C=O) groups is 3. The number of ketones is 1. The van der Waals surface area contributed by atoms with Crippen molar-refractivity contribution in [1.29, 1.82) is 0 Å². The Kier molecular flexibility index (Phi) is 6.34. The minimum Gasteiger partial charge on any atom is -0.496 e. The molecule has 7 nitrogen and oxygen atoms in total. The van der Waals surface area contributed by atoms with Gasteiger partial charge in [-0.3, -0.25) is 9.59 Å². The summed E-state index contributed by atoms with van der Waals surface area (Å²) in [7, 11) is 1.43. The Labute approximate surface area is 173 Å². The number of aryl methyl sites for hydroxylation is 1. The first-order valence-corrected chi connectivity index (χ1v) is 9.61. The van der Waals surface area contributed by atoms with E-state index in [-0.39, 0.29) is 17.0 Å². The van der Waals surface area contributed by atoms with Crippen LogP contribution in [0.15, 0.2) is 36.4 Å². The number of methoxy groups -OCH3 is 1. The highest BCUT2D eigenvalue weighted by atomic mass is 19.1. The number of benzene rings is 2. The number of Topliss-reactive ketones (excluding diaryl/α,β-unsaturated/α-hetero) is 1. The van der Waals surface area contributed by atoms with Gasteiger partial charge < -0.3 is 20.5 Å². The van der Waals surface area contributed by atoms with Gasteiger partial charge in [-0.15, -0.1) is 0 Å². The molecule has 0 radical (unpaired) electrons. The molecule has 158 valence electrons. The van der Waals surface area contributed by atoms with Gasteiger partial charge in [0, 0.05) is 11.6 Å². The van der Waals surface area contributed by atoms with Crippen LogP contribution >= 0.6 is 0 Å². The van der Waals surface area contributed by atoms with Crippen LogP contribution in [0.2, 0.25) is 0 Å². The number of fused-ring (bicyclic) bond motifs is 1. The molecular formula is C22H23FN2O5. The molecule has 0 aliphatic heterocycles. The summed E-state index contributed by atoms with van der Waals surface area (Å²) >= 11 is 0. The quantitative estimate of drug-likeness (QED) is 0.668. The lowest BCUT2D eigenvalue weighted by atomic mass is 9.76. The number of halogens is 1. The molecule has 1 unspecified atom stereocenters. The normalized spacial score (nSPS) is 16.2. The molecule has 0 heterocycles. The summed E-state index contributed by atoms with van der Waals surface area (Å²) in [5, 5.41) is 13.8. The van der Waals surface area contributed by atoms with Crippen LogP contribution in [0.1, 0.15) is 47.2 Å². The fourth-order valence-corrected chi connectivity index (χ4v) is 3.91. The highest BCUT2D eigenvalue weighted by Gasteiger charge is 2.35. The molecule has 2 aromatic carbocycles. The Bertz CT molecular complexity index is 991. The zero-order chi connectivity index (χ0) is 21.8. The van der Waals surface area contributed by atoms with Crippen LogP contribution in [-0.2, 0) is 11.2 Å². The minimum absolute atomic E-state index is 0.208. The lowest BCUT2D eigenvalue weighted by Crippen LogP contribution is -2.41. The lowest BCUT2D eigenvalue weighted by molar-refractivity contribution is -0.122. The van der Waals surface area contributed by atoms with E-state index in [1.54, 1.807) is 12.1 Å². The summed E-state index contributed by atoms with van der Waals surface area (Å²) in [5.41, 5.74) is 1.87. The molecule has 0 aromatic heterocycles. The number of anilines is 1. The number of nitrogens with one attached hydrogen (secondary N) is 2. The van der Waals surface area contributed by atoms with Crippen molar-refractivity contribution in [2.75, 3.05) is 12.4 Å². The van der Waals surface area contributed by atoms with Crippen molar-refractivity contribution < 1.29 is 28.6 Å². The van der Waals surface area contributed by atoms with E-state index >= 15 is 0 Å². The third-order valence-electron chi connectivity index (χ3n) is 5.22. The fourth-order valence-electron chi connectivity index (χ4n) is 3.91. The van der Waals surface area contributed by atoms with Crippen molar-refractivity contribution in [1.82, 2.24) is 5.32 Å². The molecule has 2 aromatic rings. The molecule has 30 heavy (non-hydrogen) atoms. The van der Waals surface area contributed by atoms with E-state index < -0.39 is 29.8 Å². The molecule has 0 saturated heterocycles. The molecule has 8 heteroatoms. The molecule has 3 N–H and O–H groups in total. The fraction of sp³-hybridized carbons (Fsp3) is 0.318. The average molecular weight is 414 g/mol. The van der Waals surface area contributed by atoms with E-state index in [0.717, 1.165) is 12.0 Å². The van der Waals surface area contributed by atoms with Gasteiger partial charge in [0.05, 0.1) is 18.7 Å². The zero-order valence-corrected chi connectivity index (χ0v) is 16.7. The van der Waals surface area contributed by atoms with Crippen LogP contribution in [0.25, 0.3) is 0 Å². The number of hydrogen-bond acceptors (Lipinski definition) is 4. The smallest absolute Gasteiger partial charge is 0.405 e. The zero-order valence-electron chi connectivity index (χ0n) is 16.7. The van der Waals surface area contributed by atoms with Crippen molar-refractivity contribution in [2.45, 2.75) is 38.1 Å². The molecular weight excluding hydrogens is 391 g/mol. The predicted molar refractivity (Wildman–Crippen MR) is 109 cm³/mol. The number of ether oxygens (including phenoxy) is 1. The molecule has 1 aliphatic carbocycles. The van der Waals surface area contributed by atoms with Crippen LogP contribution in [0.5, 0.6) is 5.75 Å². The summed E-state index contributed by atoms with van der Waals surface area (Å²) in [6.45, 7) is 1.48. The molecule has 0 fully saturated rings. The molecule has 0 bridgehead atoms. The molecule has 2 amide bonds. The molecule has 3 rings (SSSR count). The Morgan fingerprint density at radius 1 is 1.23 bits per heavy atom. The van der Waals surface area contributed by atoms with Crippen molar-refractivity contribution in [3.8, 4) is 5.75 Å². The number of rotatable bonds is 6. The predicted octanol–water partition coefficient (Wildman–Crippen LogP) is 3.73. The van der Waals surface area contributed by atoms with Gasteiger partial charge >= 0.3 is 6.09 Å². The van der Waals surface area contributed by atoms with Crippen LogP contribution in [0.3, 0.4) is 0 Å². The number of amides is 2. The number of carboxylic acid groups (broad SMARTS) is 1. The summed E-state index contributed by atoms with van der Waals surface area (Å²) in [5.74, 6) is -1.68.